The van der Waals surface area contributed by atoms with Crippen LogP contribution in [0, 0.1) is 0 Å². The number of fused-ring (bicyclic) bond motifs is 1. The van der Waals surface area contributed by atoms with Gasteiger partial charge in [0.15, 0.2) is 5.96 Å². The molecule has 4 rings (SSSR count). The van der Waals surface area contributed by atoms with E-state index in [1.807, 2.05) is 54.6 Å². The van der Waals surface area contributed by atoms with Crippen molar-refractivity contribution in [2.45, 2.75) is 25.7 Å². The molecule has 31 heavy (non-hydrogen) atoms. The Kier molecular flexibility index (Phi) is 8.52. The van der Waals surface area contributed by atoms with Crippen molar-refractivity contribution in [2.75, 3.05) is 13.6 Å². The second kappa shape index (κ2) is 11.5. The second-order valence-electron chi connectivity index (χ2n) is 7.12. The van der Waals surface area contributed by atoms with Crippen molar-refractivity contribution in [3.8, 4) is 11.5 Å². The summed E-state index contributed by atoms with van der Waals surface area (Å²) in [5, 5.41) is 6.70. The highest BCUT2D eigenvalue weighted by molar-refractivity contribution is 14.0. The van der Waals surface area contributed by atoms with Gasteiger partial charge in [0, 0.05) is 26.2 Å². The fourth-order valence-corrected chi connectivity index (χ4v) is 3.37. The maximum absolute atomic E-state index is 5.98. The lowest BCUT2D eigenvalue weighted by Crippen LogP contribution is -2.41. The first-order valence-corrected chi connectivity index (χ1v) is 10.1. The summed E-state index contributed by atoms with van der Waals surface area (Å²) in [4.78, 5) is 8.59. The Morgan fingerprint density at radius 1 is 1.10 bits per heavy atom. The van der Waals surface area contributed by atoms with E-state index in [2.05, 4.69) is 32.7 Å². The number of hydrogen-bond donors (Lipinski definition) is 2. The third kappa shape index (κ3) is 6.58. The first-order chi connectivity index (χ1) is 14.8. The van der Waals surface area contributed by atoms with Crippen LogP contribution in [0.5, 0.6) is 11.5 Å². The molecule has 1 aromatic heterocycles. The van der Waals surface area contributed by atoms with Crippen LogP contribution in [0.3, 0.4) is 0 Å². The molecule has 1 aliphatic heterocycles. The number of halogens is 1. The summed E-state index contributed by atoms with van der Waals surface area (Å²) in [7, 11) is 1.77. The SMILES string of the molecule is CN=C(NCc1cccc(OCc2ccccn2)c1)NCC1Cc2ccccc2O1.I. The maximum Gasteiger partial charge on any atom is 0.191 e. The van der Waals surface area contributed by atoms with Crippen LogP contribution in [0.1, 0.15) is 16.8 Å². The summed E-state index contributed by atoms with van der Waals surface area (Å²) in [6.07, 6.45) is 2.80. The Balaban J connectivity index is 0.00000272. The van der Waals surface area contributed by atoms with Crippen molar-refractivity contribution < 1.29 is 9.47 Å². The van der Waals surface area contributed by atoms with Crippen LogP contribution in [-0.2, 0) is 19.6 Å². The zero-order chi connectivity index (χ0) is 20.6. The van der Waals surface area contributed by atoms with Gasteiger partial charge in [-0.05, 0) is 41.5 Å². The Morgan fingerprint density at radius 2 is 1.97 bits per heavy atom. The monoisotopic (exact) mass is 530 g/mol. The molecule has 0 amide bonds. The van der Waals surface area contributed by atoms with Crippen molar-refractivity contribution in [1.82, 2.24) is 15.6 Å². The van der Waals surface area contributed by atoms with Crippen molar-refractivity contribution in [3.05, 3.63) is 89.7 Å². The average molecular weight is 530 g/mol. The van der Waals surface area contributed by atoms with E-state index in [0.717, 1.165) is 35.1 Å². The Bertz CT molecular complexity index is 973. The molecule has 162 valence electrons. The van der Waals surface area contributed by atoms with E-state index in [1.54, 1.807) is 13.2 Å². The summed E-state index contributed by atoms with van der Waals surface area (Å²) < 4.78 is 11.8. The zero-order valence-corrected chi connectivity index (χ0v) is 19.8. The highest BCUT2D eigenvalue weighted by Gasteiger charge is 2.22. The van der Waals surface area contributed by atoms with Crippen LogP contribution in [0.25, 0.3) is 0 Å². The number of guanidine groups is 1. The highest BCUT2D eigenvalue weighted by Crippen LogP contribution is 2.27. The van der Waals surface area contributed by atoms with Crippen molar-refractivity contribution >= 4 is 29.9 Å². The van der Waals surface area contributed by atoms with Crippen molar-refractivity contribution in [2.24, 2.45) is 4.99 Å². The van der Waals surface area contributed by atoms with Gasteiger partial charge in [-0.1, -0.05) is 36.4 Å². The molecule has 0 saturated heterocycles. The van der Waals surface area contributed by atoms with Crippen molar-refractivity contribution in [3.63, 3.8) is 0 Å². The van der Waals surface area contributed by atoms with Gasteiger partial charge in [-0.3, -0.25) is 9.98 Å². The minimum atomic E-state index is 0. The Morgan fingerprint density at radius 3 is 2.77 bits per heavy atom. The summed E-state index contributed by atoms with van der Waals surface area (Å²) in [6, 6.07) is 22.0. The number of benzene rings is 2. The van der Waals surface area contributed by atoms with E-state index in [1.165, 1.54) is 5.56 Å². The lowest BCUT2D eigenvalue weighted by Gasteiger charge is -2.16. The molecule has 1 aliphatic rings. The molecule has 0 aliphatic carbocycles. The first-order valence-electron chi connectivity index (χ1n) is 10.1. The van der Waals surface area contributed by atoms with Gasteiger partial charge in [0.05, 0.1) is 12.2 Å². The summed E-state index contributed by atoms with van der Waals surface area (Å²) >= 11 is 0. The van der Waals surface area contributed by atoms with Crippen LogP contribution in [0.2, 0.25) is 0 Å². The molecule has 0 fully saturated rings. The van der Waals surface area contributed by atoms with Gasteiger partial charge in [0.1, 0.15) is 24.2 Å². The molecule has 1 atom stereocenters. The highest BCUT2D eigenvalue weighted by atomic mass is 127. The number of nitrogens with zero attached hydrogens (tertiary/aromatic N) is 2. The number of nitrogens with one attached hydrogen (secondary N) is 2. The quantitative estimate of drug-likeness (QED) is 0.275. The van der Waals surface area contributed by atoms with Gasteiger partial charge >= 0.3 is 0 Å². The third-order valence-corrected chi connectivity index (χ3v) is 4.91. The second-order valence-corrected chi connectivity index (χ2v) is 7.12. The number of rotatable bonds is 7. The molecule has 2 N–H and O–H groups in total. The largest absolute Gasteiger partial charge is 0.488 e. The van der Waals surface area contributed by atoms with Gasteiger partial charge in [-0.2, -0.15) is 0 Å². The van der Waals surface area contributed by atoms with Gasteiger partial charge in [-0.15, -0.1) is 24.0 Å². The average Bonchev–Trinajstić information content (AvgIpc) is 3.22. The summed E-state index contributed by atoms with van der Waals surface area (Å²) in [6.45, 7) is 1.79. The molecule has 7 heteroatoms. The summed E-state index contributed by atoms with van der Waals surface area (Å²) in [5.41, 5.74) is 3.28. The van der Waals surface area contributed by atoms with Crippen molar-refractivity contribution in [1.29, 1.82) is 0 Å². The van der Waals surface area contributed by atoms with Gasteiger partial charge in [0.25, 0.3) is 0 Å². The normalized spacial score (nSPS) is 14.7. The van der Waals surface area contributed by atoms with E-state index in [9.17, 15) is 0 Å². The van der Waals surface area contributed by atoms with E-state index in [-0.39, 0.29) is 30.1 Å². The number of aromatic nitrogens is 1. The third-order valence-electron chi connectivity index (χ3n) is 4.91. The molecule has 0 saturated carbocycles. The fourth-order valence-electron chi connectivity index (χ4n) is 3.37. The van der Waals surface area contributed by atoms with E-state index in [4.69, 9.17) is 9.47 Å². The zero-order valence-electron chi connectivity index (χ0n) is 17.5. The lowest BCUT2D eigenvalue weighted by molar-refractivity contribution is 0.235. The molecular weight excluding hydrogens is 503 g/mol. The van der Waals surface area contributed by atoms with Crippen LogP contribution >= 0.6 is 24.0 Å². The molecule has 2 heterocycles. The molecular formula is C24H27IN4O2. The standard InChI is InChI=1S/C24H26N4O2.HI/c1-25-24(28-16-22-14-19-8-2-3-11-23(19)30-22)27-15-18-7-6-10-21(13-18)29-17-20-9-4-5-12-26-20;/h2-13,22H,14-17H2,1H3,(H2,25,27,28);1H. The molecule has 3 aromatic rings. The number of hydrogen-bond acceptors (Lipinski definition) is 4. The molecule has 0 radical (unpaired) electrons. The van der Waals surface area contributed by atoms with Crippen LogP contribution < -0.4 is 20.1 Å². The van der Waals surface area contributed by atoms with Gasteiger partial charge in [0.2, 0.25) is 0 Å². The number of pyridine rings is 1. The Labute approximate surface area is 200 Å². The molecule has 2 aromatic carbocycles. The minimum Gasteiger partial charge on any atom is -0.488 e. The first kappa shape index (κ1) is 22.9. The molecule has 6 nitrogen and oxygen atoms in total. The van der Waals surface area contributed by atoms with Crippen LogP contribution in [0.15, 0.2) is 77.9 Å². The van der Waals surface area contributed by atoms with Gasteiger partial charge in [-0.25, -0.2) is 0 Å². The van der Waals surface area contributed by atoms with E-state index < -0.39 is 0 Å². The lowest BCUT2D eigenvalue weighted by atomic mass is 10.1. The minimum absolute atomic E-state index is 0. The molecule has 0 bridgehead atoms. The number of aliphatic imine (C=N–C) groups is 1. The topological polar surface area (TPSA) is 67.8 Å². The summed E-state index contributed by atoms with van der Waals surface area (Å²) in [5.74, 6) is 2.55. The van der Waals surface area contributed by atoms with E-state index >= 15 is 0 Å². The predicted molar refractivity (Wildman–Crippen MR) is 133 cm³/mol. The maximum atomic E-state index is 5.98. The predicted octanol–water partition coefficient (Wildman–Crippen LogP) is 3.95. The molecule has 0 spiro atoms. The van der Waals surface area contributed by atoms with Gasteiger partial charge < -0.3 is 20.1 Å². The number of ether oxygens (including phenoxy) is 2. The van der Waals surface area contributed by atoms with E-state index in [0.29, 0.717) is 19.7 Å². The van der Waals surface area contributed by atoms with Crippen LogP contribution in [0.4, 0.5) is 0 Å². The molecule has 1 unspecified atom stereocenters. The Hall–Kier alpha value is -2.81. The van der Waals surface area contributed by atoms with Crippen LogP contribution in [-0.4, -0.2) is 30.6 Å². The fraction of sp³-hybridized carbons (Fsp3) is 0.250. The smallest absolute Gasteiger partial charge is 0.191 e. The number of para-hydroxylation sites is 1.